The first kappa shape index (κ1) is 16.5. The molecule has 2 N–H and O–H groups in total. The topological polar surface area (TPSA) is 71.3 Å². The van der Waals surface area contributed by atoms with Crippen molar-refractivity contribution < 1.29 is 12.8 Å². The van der Waals surface area contributed by atoms with Crippen molar-refractivity contribution in [2.45, 2.75) is 64.1 Å². The lowest BCUT2D eigenvalue weighted by molar-refractivity contribution is 0.166. The Kier molecular flexibility index (Phi) is 4.52. The van der Waals surface area contributed by atoms with Gasteiger partial charge in [0.15, 0.2) is 0 Å². The predicted molar refractivity (Wildman–Crippen MR) is 82.4 cm³/mol. The van der Waals surface area contributed by atoms with Crippen molar-refractivity contribution in [3.63, 3.8) is 0 Å². The number of rotatable bonds is 6. The summed E-state index contributed by atoms with van der Waals surface area (Å²) < 4.78 is 32.5. The maximum atomic E-state index is 12.2. The summed E-state index contributed by atoms with van der Waals surface area (Å²) in [4.78, 5) is 0. The van der Waals surface area contributed by atoms with E-state index in [1.165, 1.54) is 12.5 Å². The van der Waals surface area contributed by atoms with Gasteiger partial charge in [-0.15, -0.1) is 0 Å². The SMILES string of the molecule is CC1(CNS(=O)(=O)c2ccc(CNC(C)(C)C)o2)CCC1. The second kappa shape index (κ2) is 5.74. The summed E-state index contributed by atoms with van der Waals surface area (Å²) in [6.07, 6.45) is 3.34. The largest absolute Gasteiger partial charge is 0.447 e. The minimum atomic E-state index is -3.55. The second-order valence-electron chi connectivity index (χ2n) is 7.31. The van der Waals surface area contributed by atoms with Crippen LogP contribution in [0.1, 0.15) is 52.7 Å². The molecule has 0 atom stereocenters. The Morgan fingerprint density at radius 1 is 1.29 bits per heavy atom. The predicted octanol–water partition coefficient (Wildman–Crippen LogP) is 2.64. The molecule has 1 aromatic heterocycles. The molecule has 1 saturated carbocycles. The normalized spacial score (nSPS) is 18.5. The van der Waals surface area contributed by atoms with Crippen molar-refractivity contribution in [1.82, 2.24) is 10.0 Å². The Balaban J connectivity index is 1.95. The Morgan fingerprint density at radius 3 is 2.48 bits per heavy atom. The highest BCUT2D eigenvalue weighted by Crippen LogP contribution is 2.39. The summed E-state index contributed by atoms with van der Waals surface area (Å²) in [5.41, 5.74) is 0.0686. The van der Waals surface area contributed by atoms with Gasteiger partial charge in [-0.2, -0.15) is 0 Å². The molecule has 0 spiro atoms. The fourth-order valence-corrected chi connectivity index (χ4v) is 3.39. The lowest BCUT2D eigenvalue weighted by Crippen LogP contribution is -2.39. The van der Waals surface area contributed by atoms with E-state index in [2.05, 4.69) is 37.7 Å². The smallest absolute Gasteiger partial charge is 0.273 e. The van der Waals surface area contributed by atoms with Gasteiger partial charge < -0.3 is 9.73 Å². The molecule has 21 heavy (non-hydrogen) atoms. The van der Waals surface area contributed by atoms with Crippen molar-refractivity contribution in [3.05, 3.63) is 17.9 Å². The molecule has 5 nitrogen and oxygen atoms in total. The zero-order valence-corrected chi connectivity index (χ0v) is 14.1. The number of furan rings is 1. The molecular formula is C15H26N2O3S. The van der Waals surface area contributed by atoms with E-state index in [9.17, 15) is 8.42 Å². The van der Waals surface area contributed by atoms with E-state index in [1.807, 2.05) is 0 Å². The number of hydrogen-bond acceptors (Lipinski definition) is 4. The maximum Gasteiger partial charge on any atom is 0.273 e. The molecule has 1 aromatic rings. The van der Waals surface area contributed by atoms with Crippen LogP contribution in [-0.2, 0) is 16.6 Å². The summed E-state index contributed by atoms with van der Waals surface area (Å²) in [7, 11) is -3.55. The van der Waals surface area contributed by atoms with Gasteiger partial charge in [0.2, 0.25) is 5.09 Å². The van der Waals surface area contributed by atoms with E-state index in [0.717, 1.165) is 12.8 Å². The van der Waals surface area contributed by atoms with E-state index >= 15 is 0 Å². The summed E-state index contributed by atoms with van der Waals surface area (Å²) >= 11 is 0. The van der Waals surface area contributed by atoms with Gasteiger partial charge in [-0.05, 0) is 51.2 Å². The van der Waals surface area contributed by atoms with E-state index in [0.29, 0.717) is 18.8 Å². The van der Waals surface area contributed by atoms with Crippen LogP contribution in [0.4, 0.5) is 0 Å². The molecule has 2 rings (SSSR count). The molecule has 1 aliphatic rings. The Hall–Kier alpha value is -0.850. The highest BCUT2D eigenvalue weighted by molar-refractivity contribution is 7.89. The number of hydrogen-bond donors (Lipinski definition) is 2. The molecule has 0 unspecified atom stereocenters. The Bertz CT molecular complexity index is 580. The molecule has 0 saturated heterocycles. The maximum absolute atomic E-state index is 12.2. The van der Waals surface area contributed by atoms with Crippen LogP contribution in [0.15, 0.2) is 21.6 Å². The van der Waals surface area contributed by atoms with E-state index in [4.69, 9.17) is 4.42 Å². The van der Waals surface area contributed by atoms with Crippen LogP contribution in [-0.4, -0.2) is 20.5 Å². The van der Waals surface area contributed by atoms with Gasteiger partial charge in [0.05, 0.1) is 6.54 Å². The fraction of sp³-hybridized carbons (Fsp3) is 0.733. The summed E-state index contributed by atoms with van der Waals surface area (Å²) in [6.45, 7) is 9.25. The summed E-state index contributed by atoms with van der Waals surface area (Å²) in [5, 5.41) is 3.26. The average molecular weight is 314 g/mol. The minimum Gasteiger partial charge on any atom is -0.447 e. The molecule has 1 heterocycles. The molecule has 1 fully saturated rings. The van der Waals surface area contributed by atoms with Gasteiger partial charge in [0, 0.05) is 12.1 Å². The zero-order valence-electron chi connectivity index (χ0n) is 13.3. The van der Waals surface area contributed by atoms with Crippen molar-refractivity contribution in [1.29, 1.82) is 0 Å². The Morgan fingerprint density at radius 2 is 1.95 bits per heavy atom. The van der Waals surface area contributed by atoms with E-state index in [-0.39, 0.29) is 16.0 Å². The zero-order chi connectivity index (χ0) is 15.7. The van der Waals surface area contributed by atoms with Gasteiger partial charge >= 0.3 is 0 Å². The second-order valence-corrected chi connectivity index (χ2v) is 9.01. The molecule has 0 bridgehead atoms. The van der Waals surface area contributed by atoms with Gasteiger partial charge in [-0.3, -0.25) is 0 Å². The van der Waals surface area contributed by atoms with Gasteiger partial charge in [-0.1, -0.05) is 13.3 Å². The molecule has 0 amide bonds. The molecule has 0 aliphatic heterocycles. The monoisotopic (exact) mass is 314 g/mol. The van der Waals surface area contributed by atoms with Crippen LogP contribution >= 0.6 is 0 Å². The Labute approximate surface area is 127 Å². The quantitative estimate of drug-likeness (QED) is 0.847. The van der Waals surface area contributed by atoms with Crippen molar-refractivity contribution in [2.24, 2.45) is 5.41 Å². The van der Waals surface area contributed by atoms with Crippen LogP contribution in [0.5, 0.6) is 0 Å². The highest BCUT2D eigenvalue weighted by Gasteiger charge is 2.33. The lowest BCUT2D eigenvalue weighted by Gasteiger charge is -2.38. The average Bonchev–Trinajstić information content (AvgIpc) is 2.80. The first-order chi connectivity index (χ1) is 9.60. The fourth-order valence-electron chi connectivity index (χ4n) is 2.25. The van der Waals surface area contributed by atoms with Gasteiger partial charge in [0.1, 0.15) is 5.76 Å². The van der Waals surface area contributed by atoms with Gasteiger partial charge in [0.25, 0.3) is 10.0 Å². The van der Waals surface area contributed by atoms with Crippen LogP contribution in [0.2, 0.25) is 0 Å². The molecule has 0 radical (unpaired) electrons. The first-order valence-electron chi connectivity index (χ1n) is 7.43. The van der Waals surface area contributed by atoms with Crippen LogP contribution in [0, 0.1) is 5.41 Å². The third kappa shape index (κ3) is 4.56. The molecule has 1 aliphatic carbocycles. The van der Waals surface area contributed by atoms with Gasteiger partial charge in [-0.25, -0.2) is 13.1 Å². The van der Waals surface area contributed by atoms with Crippen LogP contribution in [0.3, 0.4) is 0 Å². The first-order valence-corrected chi connectivity index (χ1v) is 8.91. The molecule has 0 aromatic carbocycles. The summed E-state index contributed by atoms with van der Waals surface area (Å²) in [5.74, 6) is 0.625. The van der Waals surface area contributed by atoms with E-state index in [1.54, 1.807) is 6.07 Å². The van der Waals surface area contributed by atoms with Crippen molar-refractivity contribution >= 4 is 10.0 Å². The van der Waals surface area contributed by atoms with Crippen LogP contribution < -0.4 is 10.0 Å². The summed E-state index contributed by atoms with van der Waals surface area (Å²) in [6, 6.07) is 3.23. The van der Waals surface area contributed by atoms with Crippen molar-refractivity contribution in [2.75, 3.05) is 6.54 Å². The van der Waals surface area contributed by atoms with Crippen LogP contribution in [0.25, 0.3) is 0 Å². The highest BCUT2D eigenvalue weighted by atomic mass is 32.2. The number of sulfonamides is 1. The van der Waals surface area contributed by atoms with E-state index < -0.39 is 10.0 Å². The minimum absolute atomic E-state index is 0.00358. The lowest BCUT2D eigenvalue weighted by atomic mass is 9.71. The molecular weight excluding hydrogens is 288 g/mol. The van der Waals surface area contributed by atoms with Crippen molar-refractivity contribution in [3.8, 4) is 0 Å². The molecule has 6 heteroatoms. The third-order valence-electron chi connectivity index (χ3n) is 3.94. The molecule has 120 valence electrons. The number of nitrogens with one attached hydrogen (secondary N) is 2. The third-order valence-corrected chi connectivity index (χ3v) is 5.22. The standard InChI is InChI=1S/C15H26N2O3S/c1-14(2,3)16-10-12-6-7-13(20-12)21(18,19)17-11-15(4)8-5-9-15/h6-7,16-17H,5,8-11H2,1-4H3.